The molecule has 2 atom stereocenters. The highest BCUT2D eigenvalue weighted by atomic mass is 35.5. The van der Waals surface area contributed by atoms with Gasteiger partial charge in [-0.15, -0.1) is 0 Å². The lowest BCUT2D eigenvalue weighted by molar-refractivity contribution is -0.0214. The standard InChI is InChI=1S/C28H29ClFN5O3/c1-15-26(28-33-22-4-3-20(37-2)10-24(22)34-28)27(21(11-31-15)16-7-17(29)9-18(30)8-16)35-6-5-23(25(36)12-35)32-19-13-38-14-19/h3-4,7-11,19,23,25,32,36H,5-6,12-14H2,1-2H3,(H,33,34). The second-order valence-corrected chi connectivity index (χ2v) is 10.4. The third-order valence-corrected chi connectivity index (χ3v) is 7.54. The molecule has 38 heavy (non-hydrogen) atoms. The molecule has 2 fully saturated rings. The van der Waals surface area contributed by atoms with Crippen molar-refractivity contribution in [1.29, 1.82) is 0 Å². The van der Waals surface area contributed by atoms with Crippen LogP contribution in [0.5, 0.6) is 5.75 Å². The van der Waals surface area contributed by atoms with Crippen LogP contribution in [0.1, 0.15) is 12.1 Å². The number of hydrogen-bond acceptors (Lipinski definition) is 7. The first-order chi connectivity index (χ1) is 18.4. The number of piperidine rings is 1. The van der Waals surface area contributed by atoms with E-state index in [-0.39, 0.29) is 12.1 Å². The van der Waals surface area contributed by atoms with Crippen LogP contribution in [-0.2, 0) is 4.74 Å². The molecule has 8 nitrogen and oxygen atoms in total. The van der Waals surface area contributed by atoms with Crippen LogP contribution in [0.15, 0.2) is 42.6 Å². The Hall–Kier alpha value is -3.24. The summed E-state index contributed by atoms with van der Waals surface area (Å²) >= 11 is 6.26. The Kier molecular flexibility index (Phi) is 6.69. The van der Waals surface area contributed by atoms with Gasteiger partial charge in [-0.1, -0.05) is 11.6 Å². The number of nitrogens with zero attached hydrogens (tertiary/aromatic N) is 3. The van der Waals surface area contributed by atoms with Crippen LogP contribution >= 0.6 is 11.6 Å². The van der Waals surface area contributed by atoms with Gasteiger partial charge in [-0.25, -0.2) is 9.37 Å². The maximum atomic E-state index is 14.5. The molecule has 4 heterocycles. The molecule has 0 spiro atoms. The topological polar surface area (TPSA) is 95.5 Å². The second kappa shape index (κ2) is 10.1. The Morgan fingerprint density at radius 1 is 1.24 bits per heavy atom. The van der Waals surface area contributed by atoms with Crippen molar-refractivity contribution >= 4 is 28.3 Å². The summed E-state index contributed by atoms with van der Waals surface area (Å²) in [5.74, 6) is 0.932. The van der Waals surface area contributed by atoms with Crippen LogP contribution in [-0.4, -0.2) is 71.7 Å². The number of aromatic nitrogens is 3. The summed E-state index contributed by atoms with van der Waals surface area (Å²) in [7, 11) is 1.62. The molecule has 2 saturated heterocycles. The number of nitrogens with one attached hydrogen (secondary N) is 2. The van der Waals surface area contributed by atoms with Gasteiger partial charge in [0, 0.05) is 42.0 Å². The van der Waals surface area contributed by atoms with Gasteiger partial charge >= 0.3 is 0 Å². The predicted molar refractivity (Wildman–Crippen MR) is 145 cm³/mol. The Morgan fingerprint density at radius 3 is 2.79 bits per heavy atom. The van der Waals surface area contributed by atoms with Crippen LogP contribution in [0.4, 0.5) is 10.1 Å². The van der Waals surface area contributed by atoms with Crippen molar-refractivity contribution in [3.8, 4) is 28.3 Å². The molecule has 0 saturated carbocycles. The van der Waals surface area contributed by atoms with Gasteiger partial charge in [0.2, 0.25) is 0 Å². The molecule has 0 aliphatic carbocycles. The lowest BCUT2D eigenvalue weighted by Crippen LogP contribution is -2.59. The predicted octanol–water partition coefficient (Wildman–Crippen LogP) is 4.33. The first-order valence-corrected chi connectivity index (χ1v) is 13.0. The van der Waals surface area contributed by atoms with Crippen LogP contribution in [0, 0.1) is 12.7 Å². The smallest absolute Gasteiger partial charge is 0.142 e. The number of pyridine rings is 1. The first kappa shape index (κ1) is 25.1. The van der Waals surface area contributed by atoms with Crippen LogP contribution < -0.4 is 15.0 Å². The van der Waals surface area contributed by atoms with Crippen molar-refractivity contribution in [1.82, 2.24) is 20.3 Å². The summed E-state index contributed by atoms with van der Waals surface area (Å²) in [6.07, 6.45) is 1.88. The number of H-pyrrole nitrogens is 1. The number of benzene rings is 2. The molecule has 6 rings (SSSR count). The molecule has 2 aromatic heterocycles. The summed E-state index contributed by atoms with van der Waals surface area (Å²) in [5, 5.41) is 15.0. The van der Waals surface area contributed by atoms with Gasteiger partial charge in [-0.3, -0.25) is 4.98 Å². The number of β-amino-alcohol motifs (C(OH)–C–C–N with tert-alkyl or cyclic N) is 1. The quantitative estimate of drug-likeness (QED) is 0.337. The fourth-order valence-electron chi connectivity index (χ4n) is 5.32. The summed E-state index contributed by atoms with van der Waals surface area (Å²) < 4.78 is 25.1. The van der Waals surface area contributed by atoms with Gasteiger partial charge in [-0.2, -0.15) is 0 Å². The molecule has 0 radical (unpaired) electrons. The largest absolute Gasteiger partial charge is 0.497 e. The lowest BCUT2D eigenvalue weighted by Gasteiger charge is -2.41. The Morgan fingerprint density at radius 2 is 2.08 bits per heavy atom. The number of imidazole rings is 1. The molecule has 2 aromatic carbocycles. The van der Waals surface area contributed by atoms with Crippen LogP contribution in [0.25, 0.3) is 33.5 Å². The average molecular weight is 538 g/mol. The summed E-state index contributed by atoms with van der Waals surface area (Å²) in [6.45, 7) is 4.34. The number of hydrogen-bond donors (Lipinski definition) is 3. The van der Waals surface area contributed by atoms with E-state index in [1.54, 1.807) is 19.4 Å². The first-order valence-electron chi connectivity index (χ1n) is 12.7. The van der Waals surface area contributed by atoms with Crippen molar-refractivity contribution in [3.05, 3.63) is 59.1 Å². The number of halogens is 2. The molecule has 10 heteroatoms. The molecule has 2 aliphatic rings. The molecule has 3 N–H and O–H groups in total. The van der Waals surface area contributed by atoms with Gasteiger partial charge < -0.3 is 29.8 Å². The van der Waals surface area contributed by atoms with Gasteiger partial charge in [0.05, 0.1) is 60.4 Å². The van der Waals surface area contributed by atoms with Crippen LogP contribution in [0.3, 0.4) is 0 Å². The van der Waals surface area contributed by atoms with E-state index in [2.05, 4.69) is 20.2 Å². The van der Waals surface area contributed by atoms with Gasteiger partial charge in [0.1, 0.15) is 17.4 Å². The van der Waals surface area contributed by atoms with E-state index in [0.717, 1.165) is 45.7 Å². The van der Waals surface area contributed by atoms with E-state index in [1.807, 2.05) is 25.1 Å². The number of anilines is 1. The van der Waals surface area contributed by atoms with Crippen molar-refractivity contribution < 1.29 is 19.0 Å². The molecule has 2 aliphatic heterocycles. The van der Waals surface area contributed by atoms with Crippen molar-refractivity contribution in [2.45, 2.75) is 31.5 Å². The third-order valence-electron chi connectivity index (χ3n) is 7.33. The Bertz CT molecular complexity index is 1470. The van der Waals surface area contributed by atoms with Crippen molar-refractivity contribution in [3.63, 3.8) is 0 Å². The second-order valence-electron chi connectivity index (χ2n) is 9.92. The molecule has 4 aromatic rings. The summed E-state index contributed by atoms with van der Waals surface area (Å²) in [6, 6.07) is 10.4. The zero-order valence-corrected chi connectivity index (χ0v) is 21.9. The molecule has 198 valence electrons. The zero-order valence-electron chi connectivity index (χ0n) is 21.2. The van der Waals surface area contributed by atoms with Crippen molar-refractivity contribution in [2.24, 2.45) is 0 Å². The minimum atomic E-state index is -0.602. The van der Waals surface area contributed by atoms with Gasteiger partial charge in [0.15, 0.2) is 0 Å². The number of ether oxygens (including phenoxy) is 2. The highest BCUT2D eigenvalue weighted by molar-refractivity contribution is 6.30. The number of methoxy groups -OCH3 is 1. The van der Waals surface area contributed by atoms with Gasteiger partial charge in [0.25, 0.3) is 0 Å². The number of aromatic amines is 1. The van der Waals surface area contributed by atoms with E-state index < -0.39 is 11.9 Å². The minimum absolute atomic E-state index is 0.0303. The molecular formula is C28H29ClFN5O3. The Labute approximate surface area is 224 Å². The molecule has 0 bridgehead atoms. The molecular weight excluding hydrogens is 509 g/mol. The van der Waals surface area contributed by atoms with E-state index in [9.17, 15) is 9.50 Å². The lowest BCUT2D eigenvalue weighted by atomic mass is 9.95. The average Bonchev–Trinajstić information content (AvgIpc) is 3.28. The molecule has 2 unspecified atom stereocenters. The fraction of sp³-hybridized carbons (Fsp3) is 0.357. The Balaban J connectivity index is 1.47. The fourth-order valence-corrected chi connectivity index (χ4v) is 5.55. The van der Waals surface area contributed by atoms with E-state index in [0.29, 0.717) is 42.7 Å². The summed E-state index contributed by atoms with van der Waals surface area (Å²) in [4.78, 5) is 15.1. The minimum Gasteiger partial charge on any atom is -0.497 e. The summed E-state index contributed by atoms with van der Waals surface area (Å²) in [5.41, 5.74) is 5.33. The number of aliphatic hydroxyl groups is 1. The van der Waals surface area contributed by atoms with E-state index >= 15 is 0 Å². The third kappa shape index (κ3) is 4.71. The monoisotopic (exact) mass is 537 g/mol. The maximum Gasteiger partial charge on any atom is 0.142 e. The number of rotatable bonds is 6. The highest BCUT2D eigenvalue weighted by Gasteiger charge is 2.34. The molecule has 0 amide bonds. The SMILES string of the molecule is COc1ccc2nc(-c3c(C)ncc(-c4cc(F)cc(Cl)c4)c3N3CCC(NC4COC4)C(O)C3)[nH]c2c1. The number of aliphatic hydroxyl groups excluding tert-OH is 1. The number of fused-ring (bicyclic) bond motifs is 1. The number of aryl methyl sites for hydroxylation is 1. The normalized spacial score (nSPS) is 20.1. The zero-order chi connectivity index (χ0) is 26.4. The van der Waals surface area contributed by atoms with Gasteiger partial charge in [-0.05, 0) is 49.2 Å². The van der Waals surface area contributed by atoms with Crippen LogP contribution in [0.2, 0.25) is 5.02 Å². The van der Waals surface area contributed by atoms with E-state index in [1.165, 1.54) is 12.1 Å². The highest BCUT2D eigenvalue weighted by Crippen LogP contribution is 2.42. The maximum absolute atomic E-state index is 14.5. The van der Waals surface area contributed by atoms with Crippen molar-refractivity contribution in [2.75, 3.05) is 38.3 Å². The van der Waals surface area contributed by atoms with E-state index in [4.69, 9.17) is 26.1 Å².